The summed E-state index contributed by atoms with van der Waals surface area (Å²) in [6.45, 7) is 6.01. The van der Waals surface area contributed by atoms with Crippen molar-refractivity contribution in [3.05, 3.63) is 48.3 Å². The van der Waals surface area contributed by atoms with E-state index in [0.717, 1.165) is 16.4 Å². The van der Waals surface area contributed by atoms with Gasteiger partial charge in [0.25, 0.3) is 10.0 Å². The van der Waals surface area contributed by atoms with Gasteiger partial charge in [0.05, 0.1) is 10.6 Å². The second kappa shape index (κ2) is 8.91. The zero-order valence-corrected chi connectivity index (χ0v) is 17.9. The molecule has 1 aliphatic rings. The number of halogens is 1. The molecule has 2 aromatic rings. The van der Waals surface area contributed by atoms with Crippen molar-refractivity contribution in [1.29, 1.82) is 0 Å². The molecule has 0 aliphatic carbocycles. The molecule has 1 amide bonds. The van der Waals surface area contributed by atoms with Gasteiger partial charge < -0.3 is 14.8 Å². The summed E-state index contributed by atoms with van der Waals surface area (Å²) in [5.74, 6) is -0.00567. The molecule has 1 unspecified atom stereocenters. The Hall–Kier alpha value is -2.81. The van der Waals surface area contributed by atoms with E-state index in [2.05, 4.69) is 5.32 Å². The molecule has 1 N–H and O–H groups in total. The van der Waals surface area contributed by atoms with E-state index in [1.54, 1.807) is 0 Å². The lowest BCUT2D eigenvalue weighted by molar-refractivity contribution is -0.120. The van der Waals surface area contributed by atoms with Gasteiger partial charge >= 0.3 is 0 Å². The predicted molar refractivity (Wildman–Crippen MR) is 111 cm³/mol. The third-order valence-corrected chi connectivity index (χ3v) is 6.66. The fourth-order valence-corrected chi connectivity index (χ4v) is 4.27. The maximum absolute atomic E-state index is 13.4. The van der Waals surface area contributed by atoms with Crippen molar-refractivity contribution in [1.82, 2.24) is 5.32 Å². The zero-order chi connectivity index (χ0) is 21.9. The van der Waals surface area contributed by atoms with Crippen LogP contribution in [0.4, 0.5) is 10.1 Å². The van der Waals surface area contributed by atoms with E-state index in [4.69, 9.17) is 9.47 Å². The molecule has 0 bridgehead atoms. The minimum Gasteiger partial charge on any atom is -0.486 e. The average molecular weight is 437 g/mol. The number of nitrogens with one attached hydrogen (secondary N) is 1. The molecule has 1 heterocycles. The van der Waals surface area contributed by atoms with E-state index in [-0.39, 0.29) is 22.5 Å². The smallest absolute Gasteiger partial charge is 0.264 e. The summed E-state index contributed by atoms with van der Waals surface area (Å²) < 4.78 is 52.1. The number of sulfonamides is 1. The number of ether oxygens (including phenoxy) is 2. The highest BCUT2D eigenvalue weighted by molar-refractivity contribution is 7.92. The summed E-state index contributed by atoms with van der Waals surface area (Å²) in [7, 11) is -4.14. The molecule has 1 aliphatic heterocycles. The summed E-state index contributed by atoms with van der Waals surface area (Å²) in [5.41, 5.74) is 0.179. The molecule has 3 rings (SSSR count). The lowest BCUT2D eigenvalue weighted by Gasteiger charge is -2.26. The van der Waals surface area contributed by atoms with Gasteiger partial charge in [0.15, 0.2) is 11.5 Å². The standard InChI is InChI=1S/C21H25FN2O5S/c1-14(2)15(3)23-21(25)13-24(17-6-4-16(22)5-7-17)30(26,27)18-8-9-19-20(12-18)29-11-10-28-19/h4-9,12,14-15H,10-11,13H2,1-3H3,(H,23,25). The van der Waals surface area contributed by atoms with Crippen LogP contribution in [0.1, 0.15) is 20.8 Å². The Labute approximate surface area is 175 Å². The molecule has 30 heavy (non-hydrogen) atoms. The average Bonchev–Trinajstić information content (AvgIpc) is 2.72. The van der Waals surface area contributed by atoms with Gasteiger partial charge in [-0.3, -0.25) is 9.10 Å². The quantitative estimate of drug-likeness (QED) is 0.721. The van der Waals surface area contributed by atoms with Crippen LogP contribution in [0.25, 0.3) is 0 Å². The number of benzene rings is 2. The first-order valence-corrected chi connectivity index (χ1v) is 11.1. The van der Waals surface area contributed by atoms with E-state index in [1.165, 1.54) is 30.3 Å². The minimum atomic E-state index is -4.14. The first kappa shape index (κ1) is 21.9. The number of carbonyl (C=O) groups is 1. The van der Waals surface area contributed by atoms with Crippen LogP contribution in [0, 0.1) is 11.7 Å². The molecule has 162 valence electrons. The highest BCUT2D eigenvalue weighted by Crippen LogP contribution is 2.34. The Morgan fingerprint density at radius 3 is 2.33 bits per heavy atom. The van der Waals surface area contributed by atoms with E-state index in [9.17, 15) is 17.6 Å². The first-order valence-electron chi connectivity index (χ1n) is 9.66. The molecule has 1 atom stereocenters. The maximum atomic E-state index is 13.4. The Morgan fingerprint density at radius 2 is 1.70 bits per heavy atom. The topological polar surface area (TPSA) is 84.9 Å². The summed E-state index contributed by atoms with van der Waals surface area (Å²) >= 11 is 0. The number of amides is 1. The molecule has 0 fully saturated rings. The highest BCUT2D eigenvalue weighted by atomic mass is 32.2. The number of rotatable bonds is 7. The van der Waals surface area contributed by atoms with E-state index in [1.807, 2.05) is 20.8 Å². The van der Waals surface area contributed by atoms with Crippen LogP contribution in [-0.2, 0) is 14.8 Å². The van der Waals surface area contributed by atoms with Crippen LogP contribution in [0.15, 0.2) is 47.4 Å². The Kier molecular flexibility index (Phi) is 6.50. The maximum Gasteiger partial charge on any atom is 0.264 e. The molecule has 0 radical (unpaired) electrons. The molecule has 0 aromatic heterocycles. The van der Waals surface area contributed by atoms with Crippen LogP contribution >= 0.6 is 0 Å². The summed E-state index contributed by atoms with van der Waals surface area (Å²) in [4.78, 5) is 12.5. The Morgan fingerprint density at radius 1 is 1.07 bits per heavy atom. The van der Waals surface area contributed by atoms with Gasteiger partial charge in [0, 0.05) is 12.1 Å². The van der Waals surface area contributed by atoms with E-state index < -0.39 is 28.3 Å². The third kappa shape index (κ3) is 4.84. The van der Waals surface area contributed by atoms with E-state index >= 15 is 0 Å². The number of carbonyl (C=O) groups excluding carboxylic acids is 1. The Bertz CT molecular complexity index is 1010. The van der Waals surface area contributed by atoms with Crippen molar-refractivity contribution in [2.24, 2.45) is 5.92 Å². The third-order valence-electron chi connectivity index (χ3n) is 4.89. The molecule has 9 heteroatoms. The second-order valence-electron chi connectivity index (χ2n) is 7.39. The van der Waals surface area contributed by atoms with Crippen molar-refractivity contribution >= 4 is 21.6 Å². The van der Waals surface area contributed by atoms with Crippen molar-refractivity contribution < 1.29 is 27.1 Å². The number of hydrogen-bond acceptors (Lipinski definition) is 5. The first-order chi connectivity index (χ1) is 14.2. The lowest BCUT2D eigenvalue weighted by Crippen LogP contribution is -2.45. The molecular formula is C21H25FN2O5S. The molecular weight excluding hydrogens is 411 g/mol. The van der Waals surface area contributed by atoms with Crippen LogP contribution in [0.3, 0.4) is 0 Å². The molecule has 7 nitrogen and oxygen atoms in total. The normalized spacial score (nSPS) is 14.3. The van der Waals surface area contributed by atoms with Gasteiger partial charge in [-0.15, -0.1) is 0 Å². The number of anilines is 1. The monoisotopic (exact) mass is 436 g/mol. The molecule has 0 saturated carbocycles. The van der Waals surface area contributed by atoms with Crippen LogP contribution in [0.2, 0.25) is 0 Å². The molecule has 0 spiro atoms. The summed E-state index contributed by atoms with van der Waals surface area (Å²) in [5, 5.41) is 2.80. The van der Waals surface area contributed by atoms with Gasteiger partial charge in [-0.1, -0.05) is 13.8 Å². The van der Waals surface area contributed by atoms with Crippen molar-refractivity contribution in [3.8, 4) is 11.5 Å². The number of nitrogens with zero attached hydrogens (tertiary/aromatic N) is 1. The van der Waals surface area contributed by atoms with Gasteiger partial charge in [0.2, 0.25) is 5.91 Å². The van der Waals surface area contributed by atoms with E-state index in [0.29, 0.717) is 24.7 Å². The largest absolute Gasteiger partial charge is 0.486 e. The van der Waals surface area contributed by atoms with Crippen LogP contribution in [0.5, 0.6) is 11.5 Å². The number of hydrogen-bond donors (Lipinski definition) is 1. The van der Waals surface area contributed by atoms with Crippen LogP contribution < -0.4 is 19.1 Å². The van der Waals surface area contributed by atoms with Crippen molar-refractivity contribution in [2.75, 3.05) is 24.1 Å². The highest BCUT2D eigenvalue weighted by Gasteiger charge is 2.29. The fourth-order valence-electron chi connectivity index (χ4n) is 2.83. The van der Waals surface area contributed by atoms with Crippen LogP contribution in [-0.4, -0.2) is 40.1 Å². The SMILES string of the molecule is CC(C)C(C)NC(=O)CN(c1ccc(F)cc1)S(=O)(=O)c1ccc2c(c1)OCCO2. The van der Waals surface area contributed by atoms with Gasteiger partial charge in [-0.25, -0.2) is 12.8 Å². The van der Waals surface area contributed by atoms with Crippen molar-refractivity contribution in [3.63, 3.8) is 0 Å². The van der Waals surface area contributed by atoms with Gasteiger partial charge in [-0.05, 0) is 49.2 Å². The summed E-state index contributed by atoms with van der Waals surface area (Å²) in [6, 6.07) is 9.10. The predicted octanol–water partition coefficient (Wildman–Crippen LogP) is 2.95. The summed E-state index contributed by atoms with van der Waals surface area (Å²) in [6.07, 6.45) is 0. The lowest BCUT2D eigenvalue weighted by atomic mass is 10.1. The van der Waals surface area contributed by atoms with Gasteiger partial charge in [0.1, 0.15) is 25.6 Å². The molecule has 0 saturated heterocycles. The Balaban J connectivity index is 1.96. The molecule has 2 aromatic carbocycles. The fraction of sp³-hybridized carbons (Fsp3) is 0.381. The second-order valence-corrected chi connectivity index (χ2v) is 9.26. The zero-order valence-electron chi connectivity index (χ0n) is 17.1. The number of fused-ring (bicyclic) bond motifs is 1. The minimum absolute atomic E-state index is 0.0548. The van der Waals surface area contributed by atoms with Crippen molar-refractivity contribution in [2.45, 2.75) is 31.7 Å². The van der Waals surface area contributed by atoms with Gasteiger partial charge in [-0.2, -0.15) is 0 Å².